The zero-order chi connectivity index (χ0) is 20.4. The van der Waals surface area contributed by atoms with Crippen LogP contribution in [-0.4, -0.2) is 33.6 Å². The van der Waals surface area contributed by atoms with Crippen LogP contribution in [0.1, 0.15) is 41.0 Å². The van der Waals surface area contributed by atoms with Crippen molar-refractivity contribution in [2.24, 2.45) is 5.92 Å². The van der Waals surface area contributed by atoms with Crippen LogP contribution >= 0.6 is 0 Å². The number of carbonyl (C=O) groups excluding carboxylic acids is 3. The Labute approximate surface area is 160 Å². The fraction of sp³-hybridized carbons (Fsp3) is 0.250. The number of ether oxygens (including phenoxy) is 1. The highest BCUT2D eigenvalue weighted by molar-refractivity contribution is 6.22. The van der Waals surface area contributed by atoms with E-state index in [1.54, 1.807) is 24.3 Å². The number of esters is 1. The van der Waals surface area contributed by atoms with Crippen LogP contribution in [0.5, 0.6) is 5.75 Å². The summed E-state index contributed by atoms with van der Waals surface area (Å²) in [5.74, 6) is -1.73. The molecule has 0 spiro atoms. The van der Waals surface area contributed by atoms with Gasteiger partial charge in [0.15, 0.2) is 0 Å². The molecule has 144 valence electrons. The number of benzene rings is 2. The lowest BCUT2D eigenvalue weighted by molar-refractivity contribution is -0.384. The minimum Gasteiger partial charge on any atom is -0.425 e. The Kier molecular flexibility index (Phi) is 5.21. The third-order valence-corrected chi connectivity index (χ3v) is 4.37. The second kappa shape index (κ2) is 7.59. The molecule has 0 aliphatic carbocycles. The first kappa shape index (κ1) is 19.2. The quantitative estimate of drug-likeness (QED) is 0.250. The predicted octanol–water partition coefficient (Wildman–Crippen LogP) is 3.21. The van der Waals surface area contributed by atoms with Crippen molar-refractivity contribution in [1.82, 2.24) is 4.90 Å². The van der Waals surface area contributed by atoms with E-state index < -0.39 is 28.7 Å². The van der Waals surface area contributed by atoms with Gasteiger partial charge in [0, 0.05) is 12.1 Å². The second-order valence-electron chi connectivity index (χ2n) is 6.84. The first-order valence-electron chi connectivity index (χ1n) is 8.72. The summed E-state index contributed by atoms with van der Waals surface area (Å²) >= 11 is 0. The maximum Gasteiger partial charge on any atom is 0.334 e. The highest BCUT2D eigenvalue weighted by Gasteiger charge is 2.43. The van der Waals surface area contributed by atoms with Crippen molar-refractivity contribution in [3.8, 4) is 5.75 Å². The summed E-state index contributed by atoms with van der Waals surface area (Å²) in [5, 5.41) is 10.7. The van der Waals surface area contributed by atoms with Gasteiger partial charge in [-0.3, -0.25) is 24.6 Å². The fourth-order valence-corrected chi connectivity index (χ4v) is 3.06. The van der Waals surface area contributed by atoms with Gasteiger partial charge in [0.05, 0.1) is 16.1 Å². The van der Waals surface area contributed by atoms with Gasteiger partial charge in [-0.25, -0.2) is 4.79 Å². The van der Waals surface area contributed by atoms with Crippen molar-refractivity contribution in [2.75, 3.05) is 0 Å². The summed E-state index contributed by atoms with van der Waals surface area (Å²) in [6.45, 7) is 3.73. The fourth-order valence-electron chi connectivity index (χ4n) is 3.06. The van der Waals surface area contributed by atoms with E-state index >= 15 is 0 Å². The molecule has 8 nitrogen and oxygen atoms in total. The van der Waals surface area contributed by atoms with Crippen LogP contribution in [0.4, 0.5) is 5.69 Å². The second-order valence-corrected chi connectivity index (χ2v) is 6.84. The Morgan fingerprint density at radius 3 is 2.04 bits per heavy atom. The molecule has 2 amide bonds. The molecule has 28 heavy (non-hydrogen) atoms. The van der Waals surface area contributed by atoms with Crippen molar-refractivity contribution in [1.29, 1.82) is 0 Å². The van der Waals surface area contributed by atoms with E-state index in [-0.39, 0.29) is 34.9 Å². The Bertz CT molecular complexity index is 916. The maximum absolute atomic E-state index is 12.8. The van der Waals surface area contributed by atoms with Gasteiger partial charge in [-0.05, 0) is 36.6 Å². The molecule has 0 saturated heterocycles. The molecule has 0 bridgehead atoms. The first-order chi connectivity index (χ1) is 13.3. The minimum absolute atomic E-state index is 0.0127. The Hall–Kier alpha value is -3.55. The summed E-state index contributed by atoms with van der Waals surface area (Å²) in [6, 6.07) is 10.3. The molecule has 1 aliphatic rings. The average molecular weight is 382 g/mol. The lowest BCUT2D eigenvalue weighted by Crippen LogP contribution is -2.47. The number of carbonyl (C=O) groups is 3. The number of hydrogen-bond acceptors (Lipinski definition) is 6. The van der Waals surface area contributed by atoms with Crippen LogP contribution in [0.15, 0.2) is 48.5 Å². The Balaban J connectivity index is 1.86. The number of nitro benzene ring substituents is 1. The smallest absolute Gasteiger partial charge is 0.334 e. The molecule has 3 rings (SSSR count). The van der Waals surface area contributed by atoms with Gasteiger partial charge in [0.25, 0.3) is 17.5 Å². The minimum atomic E-state index is -1.09. The Morgan fingerprint density at radius 2 is 1.57 bits per heavy atom. The van der Waals surface area contributed by atoms with E-state index in [4.69, 9.17) is 4.74 Å². The number of imide groups is 1. The molecule has 0 N–H and O–H groups in total. The van der Waals surface area contributed by atoms with Crippen molar-refractivity contribution < 1.29 is 24.0 Å². The number of non-ortho nitro benzene ring substituents is 1. The largest absolute Gasteiger partial charge is 0.425 e. The molecule has 1 heterocycles. The highest BCUT2D eigenvalue weighted by Crippen LogP contribution is 2.28. The predicted molar refractivity (Wildman–Crippen MR) is 98.9 cm³/mol. The van der Waals surface area contributed by atoms with Crippen LogP contribution in [0.3, 0.4) is 0 Å². The first-order valence-corrected chi connectivity index (χ1v) is 8.72. The Morgan fingerprint density at radius 1 is 1.04 bits per heavy atom. The molecule has 0 aromatic heterocycles. The number of nitro groups is 1. The van der Waals surface area contributed by atoms with E-state index in [2.05, 4.69) is 0 Å². The van der Waals surface area contributed by atoms with Crippen molar-refractivity contribution in [2.45, 2.75) is 26.3 Å². The third-order valence-electron chi connectivity index (χ3n) is 4.37. The molecule has 0 saturated carbocycles. The van der Waals surface area contributed by atoms with Crippen LogP contribution < -0.4 is 4.74 Å². The summed E-state index contributed by atoms with van der Waals surface area (Å²) < 4.78 is 5.31. The summed E-state index contributed by atoms with van der Waals surface area (Å²) in [4.78, 5) is 49.4. The molecule has 1 aliphatic heterocycles. The molecule has 2 aromatic carbocycles. The summed E-state index contributed by atoms with van der Waals surface area (Å²) in [7, 11) is 0. The topological polar surface area (TPSA) is 107 Å². The number of hydrogen-bond donors (Lipinski definition) is 0. The monoisotopic (exact) mass is 382 g/mol. The zero-order valence-corrected chi connectivity index (χ0v) is 15.3. The third kappa shape index (κ3) is 3.62. The normalized spacial score (nSPS) is 14.2. The van der Waals surface area contributed by atoms with Crippen LogP contribution in [0.2, 0.25) is 0 Å². The van der Waals surface area contributed by atoms with Gasteiger partial charge >= 0.3 is 5.97 Å². The summed E-state index contributed by atoms with van der Waals surface area (Å²) in [5.41, 5.74) is 0.368. The standard InChI is InChI=1S/C20H18N2O6/c1-12(2)11-17(20(25)28-14-9-7-13(8-10-14)22(26)27)21-18(23)15-5-3-4-6-16(15)19(21)24/h3-10,12,17H,11H2,1-2H3/t17-/m0/s1. The number of rotatable bonds is 6. The van der Waals surface area contributed by atoms with E-state index in [0.29, 0.717) is 0 Å². The highest BCUT2D eigenvalue weighted by atomic mass is 16.6. The van der Waals surface area contributed by atoms with E-state index in [1.165, 1.54) is 24.3 Å². The van der Waals surface area contributed by atoms with Crippen LogP contribution in [0, 0.1) is 16.0 Å². The van der Waals surface area contributed by atoms with Gasteiger partial charge in [-0.2, -0.15) is 0 Å². The van der Waals surface area contributed by atoms with E-state index in [1.807, 2.05) is 13.8 Å². The number of amides is 2. The van der Waals surface area contributed by atoms with Gasteiger partial charge in [-0.1, -0.05) is 26.0 Å². The van der Waals surface area contributed by atoms with Gasteiger partial charge in [-0.15, -0.1) is 0 Å². The molecule has 0 unspecified atom stereocenters. The average Bonchev–Trinajstić information content (AvgIpc) is 2.91. The maximum atomic E-state index is 12.8. The van der Waals surface area contributed by atoms with E-state index in [0.717, 1.165) is 4.90 Å². The molecule has 1 atom stereocenters. The van der Waals surface area contributed by atoms with Crippen molar-refractivity contribution >= 4 is 23.5 Å². The van der Waals surface area contributed by atoms with Gasteiger partial charge in [0.2, 0.25) is 0 Å². The molecule has 8 heteroatoms. The van der Waals surface area contributed by atoms with Crippen LogP contribution in [-0.2, 0) is 4.79 Å². The van der Waals surface area contributed by atoms with Crippen molar-refractivity contribution in [3.63, 3.8) is 0 Å². The molecular formula is C20H18N2O6. The number of fused-ring (bicyclic) bond motifs is 1. The van der Waals surface area contributed by atoms with E-state index in [9.17, 15) is 24.5 Å². The van der Waals surface area contributed by atoms with Crippen LogP contribution in [0.25, 0.3) is 0 Å². The SMILES string of the molecule is CC(C)C[C@@H](C(=O)Oc1ccc([N+](=O)[O-])cc1)N1C(=O)c2ccccc2C1=O. The lowest BCUT2D eigenvalue weighted by Gasteiger charge is -2.25. The zero-order valence-electron chi connectivity index (χ0n) is 15.3. The summed E-state index contributed by atoms with van der Waals surface area (Å²) in [6.07, 6.45) is 0.233. The van der Waals surface area contributed by atoms with Crippen molar-refractivity contribution in [3.05, 3.63) is 69.8 Å². The molecule has 2 aromatic rings. The van der Waals surface area contributed by atoms with Gasteiger partial charge in [0.1, 0.15) is 11.8 Å². The molecular weight excluding hydrogens is 364 g/mol. The lowest BCUT2D eigenvalue weighted by atomic mass is 10.0. The van der Waals surface area contributed by atoms with Gasteiger partial charge < -0.3 is 4.74 Å². The molecule has 0 fully saturated rings. The number of nitrogens with zero attached hydrogens (tertiary/aromatic N) is 2. The molecule has 0 radical (unpaired) electrons.